The standard InChI is InChI=1S/C20H17FN2O3S/c1-25-18-8-6-14(10-16(18)21)7-9-20(24)23-17-4-2-3-5-19(17)26-11-15-12-27-13-22-15/h2-10,12-13H,11H2,1H3,(H,23,24)/b9-7+. The van der Waals surface area contributed by atoms with E-state index in [1.165, 1.54) is 42.7 Å². The number of aromatic nitrogens is 1. The summed E-state index contributed by atoms with van der Waals surface area (Å²) in [6.45, 7) is 0.317. The molecule has 0 fully saturated rings. The van der Waals surface area contributed by atoms with Gasteiger partial charge in [-0.3, -0.25) is 4.79 Å². The number of halogens is 1. The van der Waals surface area contributed by atoms with E-state index in [1.54, 1.807) is 29.8 Å². The molecule has 0 unspecified atom stereocenters. The maximum absolute atomic E-state index is 13.7. The van der Waals surface area contributed by atoms with Gasteiger partial charge in [0.15, 0.2) is 11.6 Å². The molecule has 1 aromatic heterocycles. The first-order valence-corrected chi connectivity index (χ1v) is 9.01. The molecule has 0 radical (unpaired) electrons. The molecule has 3 rings (SSSR count). The lowest BCUT2D eigenvalue weighted by Crippen LogP contribution is -2.09. The van der Waals surface area contributed by atoms with Gasteiger partial charge in [0.05, 0.1) is 24.0 Å². The van der Waals surface area contributed by atoms with Crippen molar-refractivity contribution < 1.29 is 18.7 Å². The van der Waals surface area contributed by atoms with Gasteiger partial charge in [0.2, 0.25) is 5.91 Å². The minimum absolute atomic E-state index is 0.155. The summed E-state index contributed by atoms with van der Waals surface area (Å²) in [5.41, 5.74) is 3.65. The number of benzene rings is 2. The average Bonchev–Trinajstić information content (AvgIpc) is 3.19. The second-order valence-corrected chi connectivity index (χ2v) is 6.20. The van der Waals surface area contributed by atoms with Crippen LogP contribution in [0.3, 0.4) is 0 Å². The molecule has 2 aromatic carbocycles. The molecule has 0 bridgehead atoms. The molecule has 1 amide bonds. The van der Waals surface area contributed by atoms with Gasteiger partial charge in [0, 0.05) is 11.5 Å². The summed E-state index contributed by atoms with van der Waals surface area (Å²) in [5, 5.41) is 4.66. The lowest BCUT2D eigenvalue weighted by Gasteiger charge is -2.10. The first-order valence-electron chi connectivity index (χ1n) is 8.07. The van der Waals surface area contributed by atoms with Crippen molar-refractivity contribution in [3.63, 3.8) is 0 Å². The van der Waals surface area contributed by atoms with Crippen LogP contribution >= 0.6 is 11.3 Å². The SMILES string of the molecule is COc1ccc(/C=C/C(=O)Nc2ccccc2OCc2cscn2)cc1F. The number of nitrogens with zero attached hydrogens (tertiary/aromatic N) is 1. The normalized spacial score (nSPS) is 10.7. The second kappa shape index (κ2) is 8.95. The number of nitrogens with one attached hydrogen (secondary N) is 1. The Bertz CT molecular complexity index is 942. The highest BCUT2D eigenvalue weighted by Crippen LogP contribution is 2.25. The molecule has 1 N–H and O–H groups in total. The van der Waals surface area contributed by atoms with Gasteiger partial charge >= 0.3 is 0 Å². The summed E-state index contributed by atoms with van der Waals surface area (Å²) in [7, 11) is 1.40. The Balaban J connectivity index is 1.64. The van der Waals surface area contributed by atoms with Crippen molar-refractivity contribution in [1.82, 2.24) is 4.98 Å². The minimum atomic E-state index is -0.485. The van der Waals surface area contributed by atoms with Crippen LogP contribution < -0.4 is 14.8 Å². The van der Waals surface area contributed by atoms with Crippen LogP contribution in [0.4, 0.5) is 10.1 Å². The molecule has 0 aliphatic rings. The fourth-order valence-corrected chi connectivity index (χ4v) is 2.83. The van der Waals surface area contributed by atoms with E-state index < -0.39 is 5.82 Å². The molecule has 0 atom stereocenters. The Hall–Kier alpha value is -3.19. The Morgan fingerprint density at radius 3 is 2.85 bits per heavy atom. The van der Waals surface area contributed by atoms with Gasteiger partial charge in [-0.15, -0.1) is 11.3 Å². The van der Waals surface area contributed by atoms with Crippen molar-refractivity contribution in [3.05, 3.63) is 76.5 Å². The Morgan fingerprint density at radius 1 is 1.26 bits per heavy atom. The maximum Gasteiger partial charge on any atom is 0.248 e. The summed E-state index contributed by atoms with van der Waals surface area (Å²) in [6.07, 6.45) is 2.86. The number of anilines is 1. The lowest BCUT2D eigenvalue weighted by atomic mass is 10.2. The molecule has 138 valence electrons. The highest BCUT2D eigenvalue weighted by molar-refractivity contribution is 7.07. The number of rotatable bonds is 7. The number of hydrogen-bond acceptors (Lipinski definition) is 5. The van der Waals surface area contributed by atoms with Crippen LogP contribution in [0.15, 0.2) is 59.4 Å². The monoisotopic (exact) mass is 384 g/mol. The number of hydrogen-bond donors (Lipinski definition) is 1. The number of amides is 1. The first-order chi connectivity index (χ1) is 13.2. The first kappa shape index (κ1) is 18.6. The fourth-order valence-electron chi connectivity index (χ4n) is 2.29. The van der Waals surface area contributed by atoms with Crippen molar-refractivity contribution in [2.75, 3.05) is 12.4 Å². The molecule has 3 aromatic rings. The number of methoxy groups -OCH3 is 1. The van der Waals surface area contributed by atoms with Gasteiger partial charge in [-0.2, -0.15) is 0 Å². The molecule has 0 saturated carbocycles. The molecule has 0 spiro atoms. The summed E-state index contributed by atoms with van der Waals surface area (Å²) in [4.78, 5) is 16.4. The summed E-state index contributed by atoms with van der Waals surface area (Å²) in [6, 6.07) is 11.6. The minimum Gasteiger partial charge on any atom is -0.494 e. The third-order valence-electron chi connectivity index (χ3n) is 3.61. The molecule has 5 nitrogen and oxygen atoms in total. The van der Waals surface area contributed by atoms with E-state index in [-0.39, 0.29) is 11.7 Å². The van der Waals surface area contributed by atoms with Crippen molar-refractivity contribution in [2.45, 2.75) is 6.61 Å². The third-order valence-corrected chi connectivity index (χ3v) is 4.24. The average molecular weight is 384 g/mol. The van der Waals surface area contributed by atoms with Gasteiger partial charge in [-0.1, -0.05) is 18.2 Å². The second-order valence-electron chi connectivity index (χ2n) is 5.48. The molecule has 0 aliphatic carbocycles. The van der Waals surface area contributed by atoms with E-state index in [9.17, 15) is 9.18 Å². The van der Waals surface area contributed by atoms with E-state index >= 15 is 0 Å². The Kier molecular flexibility index (Phi) is 6.17. The zero-order valence-corrected chi connectivity index (χ0v) is 15.3. The topological polar surface area (TPSA) is 60.5 Å². The van der Waals surface area contributed by atoms with E-state index in [4.69, 9.17) is 9.47 Å². The summed E-state index contributed by atoms with van der Waals surface area (Å²) in [5.74, 6) is -0.137. The van der Waals surface area contributed by atoms with Crippen LogP contribution in [-0.2, 0) is 11.4 Å². The summed E-state index contributed by atoms with van der Waals surface area (Å²) < 4.78 is 24.3. The molecule has 1 heterocycles. The molecular weight excluding hydrogens is 367 g/mol. The van der Waals surface area contributed by atoms with Crippen molar-refractivity contribution in [3.8, 4) is 11.5 Å². The molecule has 7 heteroatoms. The maximum atomic E-state index is 13.7. The highest BCUT2D eigenvalue weighted by Gasteiger charge is 2.07. The van der Waals surface area contributed by atoms with Crippen LogP contribution in [0.2, 0.25) is 0 Å². The van der Waals surface area contributed by atoms with E-state index in [0.29, 0.717) is 23.6 Å². The van der Waals surface area contributed by atoms with Crippen LogP contribution in [0.1, 0.15) is 11.3 Å². The summed E-state index contributed by atoms with van der Waals surface area (Å²) >= 11 is 1.49. The van der Waals surface area contributed by atoms with Crippen LogP contribution in [0.25, 0.3) is 6.08 Å². The van der Waals surface area contributed by atoms with Crippen LogP contribution in [0, 0.1) is 5.82 Å². The Labute approximate surface area is 160 Å². The molecule has 0 saturated heterocycles. The Morgan fingerprint density at radius 2 is 2.11 bits per heavy atom. The van der Waals surface area contributed by atoms with Gasteiger partial charge in [0.1, 0.15) is 12.4 Å². The number of carbonyl (C=O) groups excluding carboxylic acids is 1. The zero-order valence-electron chi connectivity index (χ0n) is 14.5. The predicted molar refractivity (Wildman–Crippen MR) is 104 cm³/mol. The van der Waals surface area contributed by atoms with Crippen LogP contribution in [-0.4, -0.2) is 18.0 Å². The lowest BCUT2D eigenvalue weighted by molar-refractivity contribution is -0.111. The number of thiazole rings is 1. The van der Waals surface area contributed by atoms with E-state index in [2.05, 4.69) is 10.3 Å². The largest absolute Gasteiger partial charge is 0.494 e. The fraction of sp³-hybridized carbons (Fsp3) is 0.100. The number of ether oxygens (including phenoxy) is 2. The number of para-hydroxylation sites is 2. The van der Waals surface area contributed by atoms with Gasteiger partial charge in [0.25, 0.3) is 0 Å². The van der Waals surface area contributed by atoms with Crippen molar-refractivity contribution >= 4 is 29.0 Å². The van der Waals surface area contributed by atoms with E-state index in [0.717, 1.165) is 5.69 Å². The third kappa shape index (κ3) is 5.15. The van der Waals surface area contributed by atoms with Crippen molar-refractivity contribution in [2.24, 2.45) is 0 Å². The van der Waals surface area contributed by atoms with Crippen molar-refractivity contribution in [1.29, 1.82) is 0 Å². The molecule has 0 aliphatic heterocycles. The van der Waals surface area contributed by atoms with Crippen LogP contribution in [0.5, 0.6) is 11.5 Å². The quantitative estimate of drug-likeness (QED) is 0.609. The molecule has 27 heavy (non-hydrogen) atoms. The zero-order chi connectivity index (χ0) is 19.1. The highest BCUT2D eigenvalue weighted by atomic mass is 32.1. The van der Waals surface area contributed by atoms with Gasteiger partial charge < -0.3 is 14.8 Å². The predicted octanol–water partition coefficient (Wildman–Crippen LogP) is 4.52. The number of carbonyl (C=O) groups is 1. The smallest absolute Gasteiger partial charge is 0.248 e. The van der Waals surface area contributed by atoms with Gasteiger partial charge in [-0.25, -0.2) is 9.37 Å². The van der Waals surface area contributed by atoms with Gasteiger partial charge in [-0.05, 0) is 35.9 Å². The molecular formula is C20H17FN2O3S. The van der Waals surface area contributed by atoms with E-state index in [1.807, 2.05) is 11.4 Å².